The van der Waals surface area contributed by atoms with Gasteiger partial charge in [0.05, 0.1) is 0 Å². The van der Waals surface area contributed by atoms with E-state index in [2.05, 4.69) is 0 Å². The van der Waals surface area contributed by atoms with Crippen LogP contribution in [-0.2, 0) is 0 Å². The lowest BCUT2D eigenvalue weighted by molar-refractivity contribution is 0.0966. The molecule has 0 aliphatic carbocycles. The normalized spacial score (nSPS) is 10.2. The maximum absolute atomic E-state index is 12.0. The van der Waals surface area contributed by atoms with E-state index in [9.17, 15) is 4.79 Å². The fraction of sp³-hybridized carbons (Fsp3) is 0.0833. The molecule has 1 amide bonds. The third kappa shape index (κ3) is 2.42. The number of benzene rings is 1. The number of carbonyl (C=O) groups excluding carboxylic acids is 1. The highest BCUT2D eigenvalue weighted by Crippen LogP contribution is 2.20. The Morgan fingerprint density at radius 2 is 2.12 bits per heavy atom. The molecule has 1 heterocycles. The molecule has 0 radical (unpaired) electrons. The third-order valence-corrected chi connectivity index (χ3v) is 2.55. The van der Waals surface area contributed by atoms with Gasteiger partial charge in [-0.2, -0.15) is 0 Å². The van der Waals surface area contributed by atoms with Crippen molar-refractivity contribution in [2.75, 3.05) is 17.7 Å². The highest BCUT2D eigenvalue weighted by atomic mass is 35.5. The Morgan fingerprint density at radius 1 is 1.35 bits per heavy atom. The summed E-state index contributed by atoms with van der Waals surface area (Å²) in [5.41, 5.74) is 6.95. The first-order valence-corrected chi connectivity index (χ1v) is 5.34. The van der Waals surface area contributed by atoms with E-state index in [1.54, 1.807) is 31.3 Å². The minimum atomic E-state index is -0.275. The summed E-state index contributed by atoms with van der Waals surface area (Å²) in [5, 5.41) is 0.189. The van der Waals surface area contributed by atoms with Crippen molar-refractivity contribution in [2.24, 2.45) is 0 Å². The molecule has 0 unspecified atom stereocenters. The zero-order valence-electron chi connectivity index (χ0n) is 9.18. The predicted octanol–water partition coefficient (Wildman–Crippen LogP) is 2.79. The zero-order valence-corrected chi connectivity index (χ0v) is 9.94. The second kappa shape index (κ2) is 4.51. The van der Waals surface area contributed by atoms with Gasteiger partial charge < -0.3 is 15.1 Å². The van der Waals surface area contributed by atoms with Crippen molar-refractivity contribution in [2.45, 2.75) is 0 Å². The van der Waals surface area contributed by atoms with Gasteiger partial charge in [0, 0.05) is 18.4 Å². The molecule has 4 nitrogen and oxygen atoms in total. The Kier molecular flexibility index (Phi) is 3.06. The van der Waals surface area contributed by atoms with Crippen molar-refractivity contribution < 1.29 is 9.21 Å². The Balaban J connectivity index is 2.26. The van der Waals surface area contributed by atoms with Gasteiger partial charge in [0.25, 0.3) is 5.91 Å². The summed E-state index contributed by atoms with van der Waals surface area (Å²) in [6.07, 6.45) is 0. The number of nitrogens with two attached hydrogens (primary N) is 1. The average Bonchev–Trinajstić information content (AvgIpc) is 2.74. The number of anilines is 2. The largest absolute Gasteiger partial charge is 0.440 e. The summed E-state index contributed by atoms with van der Waals surface area (Å²) in [5.74, 6) is -0.0811. The molecule has 0 bridgehead atoms. The quantitative estimate of drug-likeness (QED) is 0.834. The summed E-state index contributed by atoms with van der Waals surface area (Å²) in [6.45, 7) is 0. The van der Waals surface area contributed by atoms with Crippen molar-refractivity contribution in [3.8, 4) is 0 Å². The van der Waals surface area contributed by atoms with Crippen LogP contribution in [-0.4, -0.2) is 13.0 Å². The van der Waals surface area contributed by atoms with Crippen molar-refractivity contribution in [3.63, 3.8) is 0 Å². The van der Waals surface area contributed by atoms with Crippen LogP contribution in [0.1, 0.15) is 10.6 Å². The molecule has 2 N–H and O–H groups in total. The Bertz CT molecular complexity index is 551. The van der Waals surface area contributed by atoms with Gasteiger partial charge in [-0.1, -0.05) is 6.07 Å². The maximum atomic E-state index is 12.0. The lowest BCUT2D eigenvalue weighted by Crippen LogP contribution is -2.25. The molecular weight excluding hydrogens is 240 g/mol. The van der Waals surface area contributed by atoms with Crippen LogP contribution in [0.3, 0.4) is 0 Å². The SMILES string of the molecule is CN(C(=O)c1ccc(Cl)o1)c1cccc(N)c1. The molecule has 0 atom stereocenters. The maximum Gasteiger partial charge on any atom is 0.293 e. The number of nitrogens with zero attached hydrogens (tertiary/aromatic N) is 1. The number of nitrogen functional groups attached to an aromatic ring is 1. The van der Waals surface area contributed by atoms with Gasteiger partial charge >= 0.3 is 0 Å². The van der Waals surface area contributed by atoms with Crippen LogP contribution in [0.4, 0.5) is 11.4 Å². The van der Waals surface area contributed by atoms with Crippen LogP contribution in [0.5, 0.6) is 0 Å². The topological polar surface area (TPSA) is 59.5 Å². The number of rotatable bonds is 2. The van der Waals surface area contributed by atoms with E-state index in [0.29, 0.717) is 11.4 Å². The highest BCUT2D eigenvalue weighted by molar-refractivity contribution is 6.29. The number of amides is 1. The monoisotopic (exact) mass is 250 g/mol. The molecule has 5 heteroatoms. The Morgan fingerprint density at radius 3 is 2.71 bits per heavy atom. The molecule has 17 heavy (non-hydrogen) atoms. The minimum Gasteiger partial charge on any atom is -0.440 e. The fourth-order valence-corrected chi connectivity index (χ4v) is 1.59. The summed E-state index contributed by atoms with van der Waals surface area (Å²) >= 11 is 5.62. The number of halogens is 1. The van der Waals surface area contributed by atoms with Crippen LogP contribution in [0, 0.1) is 0 Å². The molecule has 1 aromatic heterocycles. The lowest BCUT2D eigenvalue weighted by atomic mass is 10.2. The molecule has 0 aliphatic heterocycles. The van der Waals surface area contributed by atoms with Gasteiger partial charge in [0.15, 0.2) is 11.0 Å². The van der Waals surface area contributed by atoms with Gasteiger partial charge in [-0.15, -0.1) is 0 Å². The Labute approximate surface area is 104 Å². The molecule has 2 rings (SSSR count). The van der Waals surface area contributed by atoms with Gasteiger partial charge in [-0.05, 0) is 41.9 Å². The Hall–Kier alpha value is -1.94. The lowest BCUT2D eigenvalue weighted by Gasteiger charge is -2.16. The molecule has 0 saturated carbocycles. The number of hydrogen-bond donors (Lipinski definition) is 1. The van der Waals surface area contributed by atoms with Gasteiger partial charge in [-0.3, -0.25) is 4.79 Å². The molecule has 0 fully saturated rings. The summed E-state index contributed by atoms with van der Waals surface area (Å²) < 4.78 is 5.06. The van der Waals surface area contributed by atoms with E-state index >= 15 is 0 Å². The van der Waals surface area contributed by atoms with Gasteiger partial charge in [-0.25, -0.2) is 0 Å². The van der Waals surface area contributed by atoms with Crippen molar-refractivity contribution in [1.29, 1.82) is 0 Å². The van der Waals surface area contributed by atoms with E-state index in [-0.39, 0.29) is 16.9 Å². The van der Waals surface area contributed by atoms with E-state index < -0.39 is 0 Å². The third-order valence-electron chi connectivity index (χ3n) is 2.35. The van der Waals surface area contributed by atoms with Crippen LogP contribution in [0.15, 0.2) is 40.8 Å². The summed E-state index contributed by atoms with van der Waals surface area (Å²) in [7, 11) is 1.65. The van der Waals surface area contributed by atoms with Crippen LogP contribution < -0.4 is 10.6 Å². The van der Waals surface area contributed by atoms with Gasteiger partial charge in [0.2, 0.25) is 0 Å². The van der Waals surface area contributed by atoms with E-state index in [1.165, 1.54) is 17.0 Å². The van der Waals surface area contributed by atoms with E-state index in [0.717, 1.165) is 0 Å². The average molecular weight is 251 g/mol. The molecule has 88 valence electrons. The molecular formula is C12H11ClN2O2. The first-order valence-electron chi connectivity index (χ1n) is 4.97. The van der Waals surface area contributed by atoms with Gasteiger partial charge in [0.1, 0.15) is 0 Å². The summed E-state index contributed by atoms with van der Waals surface area (Å²) in [4.78, 5) is 13.5. The summed E-state index contributed by atoms with van der Waals surface area (Å²) in [6, 6.07) is 10.1. The molecule has 1 aromatic carbocycles. The van der Waals surface area contributed by atoms with E-state index in [1.807, 2.05) is 0 Å². The van der Waals surface area contributed by atoms with Crippen LogP contribution >= 0.6 is 11.6 Å². The smallest absolute Gasteiger partial charge is 0.293 e. The number of hydrogen-bond acceptors (Lipinski definition) is 3. The van der Waals surface area contributed by atoms with Crippen LogP contribution in [0.25, 0.3) is 0 Å². The van der Waals surface area contributed by atoms with Crippen molar-refractivity contribution in [3.05, 3.63) is 47.4 Å². The second-order valence-electron chi connectivity index (χ2n) is 3.56. The van der Waals surface area contributed by atoms with Crippen molar-refractivity contribution >= 4 is 28.9 Å². The zero-order chi connectivity index (χ0) is 12.4. The van der Waals surface area contributed by atoms with Crippen molar-refractivity contribution in [1.82, 2.24) is 0 Å². The molecule has 2 aromatic rings. The highest BCUT2D eigenvalue weighted by Gasteiger charge is 2.17. The molecule has 0 saturated heterocycles. The molecule has 0 spiro atoms. The number of furan rings is 1. The molecule has 0 aliphatic rings. The first-order chi connectivity index (χ1) is 8.08. The minimum absolute atomic E-state index is 0.189. The number of carbonyl (C=O) groups is 1. The predicted molar refractivity (Wildman–Crippen MR) is 67.3 cm³/mol. The fourth-order valence-electron chi connectivity index (χ4n) is 1.45. The van der Waals surface area contributed by atoms with Crippen LogP contribution in [0.2, 0.25) is 5.22 Å². The van der Waals surface area contributed by atoms with E-state index in [4.69, 9.17) is 21.8 Å². The first kappa shape index (κ1) is 11.5. The second-order valence-corrected chi connectivity index (χ2v) is 3.94. The standard InChI is InChI=1S/C12H11ClN2O2/c1-15(9-4-2-3-8(14)7-9)12(16)10-5-6-11(13)17-10/h2-7H,14H2,1H3.